The molecule has 2 saturated carbocycles. The summed E-state index contributed by atoms with van der Waals surface area (Å²) in [7, 11) is 3.33. The molecule has 1 aromatic rings. The lowest BCUT2D eigenvalue weighted by Crippen LogP contribution is -2.56. The van der Waals surface area contributed by atoms with Gasteiger partial charge in [-0.15, -0.1) is 0 Å². The number of carbonyl (C=O) groups excluding carboxylic acids is 2. The van der Waals surface area contributed by atoms with E-state index < -0.39 is 11.8 Å². The van der Waals surface area contributed by atoms with Crippen LogP contribution in [0.15, 0.2) is 12.1 Å². The first-order valence-corrected chi connectivity index (χ1v) is 8.18. The van der Waals surface area contributed by atoms with Gasteiger partial charge < -0.3 is 19.9 Å². The zero-order valence-corrected chi connectivity index (χ0v) is 13.2. The molecule has 2 aliphatic heterocycles. The highest BCUT2D eigenvalue weighted by atomic mass is 16.3. The second-order valence-electron chi connectivity index (χ2n) is 7.33. The molecule has 23 heavy (non-hydrogen) atoms. The lowest BCUT2D eigenvalue weighted by atomic mass is 10.0. The number of aromatic nitrogens is 1. The van der Waals surface area contributed by atoms with E-state index in [4.69, 9.17) is 0 Å². The average molecular weight is 316 g/mol. The Bertz CT molecular complexity index is 740. The van der Waals surface area contributed by atoms with Gasteiger partial charge in [0.25, 0.3) is 5.91 Å². The molecule has 0 radical (unpaired) electrons. The predicted molar refractivity (Wildman–Crippen MR) is 81.0 cm³/mol. The fraction of sp³-hybridized carbons (Fsp3) is 0.625. The van der Waals surface area contributed by atoms with Crippen LogP contribution in [0.4, 0.5) is 4.79 Å². The summed E-state index contributed by atoms with van der Waals surface area (Å²) in [6, 6.07) is 3.04. The summed E-state index contributed by atoms with van der Waals surface area (Å²) >= 11 is 0. The van der Waals surface area contributed by atoms with Crippen LogP contribution in [0.2, 0.25) is 0 Å². The number of nitrogens with zero attached hydrogens (tertiary/aromatic N) is 3. The molecule has 3 fully saturated rings. The molecule has 0 unspecified atom stereocenters. The molecule has 4 atom stereocenters. The number of hydrogen-bond donors (Lipinski definition) is 2. The summed E-state index contributed by atoms with van der Waals surface area (Å²) < 4.78 is 2.13. The largest absolute Gasteiger partial charge is 0.368 e. The number of fused-ring (bicyclic) bond motifs is 5. The van der Waals surface area contributed by atoms with Crippen molar-refractivity contribution in [2.75, 3.05) is 14.1 Å². The highest BCUT2D eigenvalue weighted by Crippen LogP contribution is 2.51. The minimum absolute atomic E-state index is 0.0127. The van der Waals surface area contributed by atoms with Crippen LogP contribution in [0.25, 0.3) is 0 Å². The summed E-state index contributed by atoms with van der Waals surface area (Å²) in [4.78, 5) is 27.7. The van der Waals surface area contributed by atoms with E-state index in [0.29, 0.717) is 18.0 Å². The van der Waals surface area contributed by atoms with Crippen LogP contribution in [0.5, 0.6) is 0 Å². The van der Waals surface area contributed by atoms with Crippen molar-refractivity contribution in [1.82, 2.24) is 19.7 Å². The number of nitrogens with one attached hydrogen (secondary N) is 1. The van der Waals surface area contributed by atoms with Gasteiger partial charge in [-0.25, -0.2) is 4.79 Å². The van der Waals surface area contributed by atoms with Crippen LogP contribution in [-0.2, 0) is 0 Å². The lowest BCUT2D eigenvalue weighted by Gasteiger charge is -2.35. The Labute approximate surface area is 133 Å². The molecule has 3 heterocycles. The van der Waals surface area contributed by atoms with E-state index in [9.17, 15) is 14.7 Å². The third-order valence-corrected chi connectivity index (χ3v) is 6.13. The summed E-state index contributed by atoms with van der Waals surface area (Å²) in [5.74, 6) is 0.417. The van der Waals surface area contributed by atoms with Crippen LogP contribution in [0.3, 0.4) is 0 Å². The molecule has 7 heteroatoms. The van der Waals surface area contributed by atoms with E-state index >= 15 is 0 Å². The van der Waals surface area contributed by atoms with E-state index in [1.807, 2.05) is 12.1 Å². The summed E-state index contributed by atoms with van der Waals surface area (Å²) in [6.07, 6.45) is 2.76. The molecule has 7 nitrogen and oxygen atoms in total. The average Bonchev–Trinajstić information content (AvgIpc) is 3.15. The van der Waals surface area contributed by atoms with Crippen LogP contribution >= 0.6 is 0 Å². The Hall–Kier alpha value is -2.02. The quantitative estimate of drug-likeness (QED) is 0.791. The second kappa shape index (κ2) is 3.90. The van der Waals surface area contributed by atoms with Crippen LogP contribution in [0.1, 0.15) is 47.4 Å². The first kappa shape index (κ1) is 13.4. The Morgan fingerprint density at radius 1 is 1.26 bits per heavy atom. The van der Waals surface area contributed by atoms with Crippen molar-refractivity contribution < 1.29 is 14.7 Å². The number of likely N-dealkylation sites (N-methyl/N-ethyl adjacent to an activating group) is 2. The number of urea groups is 1. The zero-order chi connectivity index (χ0) is 16.1. The van der Waals surface area contributed by atoms with Gasteiger partial charge in [-0.05, 0) is 30.9 Å². The van der Waals surface area contributed by atoms with Gasteiger partial charge in [-0.1, -0.05) is 0 Å². The third-order valence-electron chi connectivity index (χ3n) is 6.13. The van der Waals surface area contributed by atoms with Gasteiger partial charge in [0.05, 0.1) is 12.1 Å². The van der Waals surface area contributed by atoms with Crippen LogP contribution in [0, 0.1) is 0 Å². The SMILES string of the molecule is CN1C(=O)N(C)[C@]2(O)C[C@@H]3[C@@H](NC(=O)c4ccc(C5CC5)n43)[C@H]12. The van der Waals surface area contributed by atoms with Crippen molar-refractivity contribution in [2.45, 2.75) is 49.0 Å². The highest BCUT2D eigenvalue weighted by Gasteiger charge is 2.65. The second-order valence-corrected chi connectivity index (χ2v) is 7.33. The van der Waals surface area contributed by atoms with Gasteiger partial charge in [0.15, 0.2) is 5.72 Å². The Balaban J connectivity index is 1.64. The van der Waals surface area contributed by atoms with E-state index in [2.05, 4.69) is 9.88 Å². The molecule has 5 rings (SSSR count). The molecule has 2 aliphatic carbocycles. The number of aliphatic hydroxyl groups is 1. The van der Waals surface area contributed by atoms with Gasteiger partial charge in [-0.2, -0.15) is 0 Å². The van der Waals surface area contributed by atoms with E-state index in [1.54, 1.807) is 19.0 Å². The zero-order valence-electron chi connectivity index (χ0n) is 13.2. The number of rotatable bonds is 1. The first-order valence-electron chi connectivity index (χ1n) is 8.18. The number of hydrogen-bond acceptors (Lipinski definition) is 3. The predicted octanol–water partition coefficient (Wildman–Crippen LogP) is 0.477. The van der Waals surface area contributed by atoms with Crippen molar-refractivity contribution in [2.24, 2.45) is 0 Å². The summed E-state index contributed by atoms with van der Waals surface area (Å²) in [5, 5.41) is 14.2. The van der Waals surface area contributed by atoms with Gasteiger partial charge >= 0.3 is 6.03 Å². The van der Waals surface area contributed by atoms with Crippen LogP contribution in [-0.4, -0.2) is 63.3 Å². The summed E-state index contributed by atoms with van der Waals surface area (Å²) in [6.45, 7) is 0. The van der Waals surface area contributed by atoms with Crippen molar-refractivity contribution >= 4 is 11.9 Å². The minimum atomic E-state index is -1.23. The maximum atomic E-state index is 12.5. The molecule has 122 valence electrons. The molecule has 1 saturated heterocycles. The monoisotopic (exact) mass is 316 g/mol. The van der Waals surface area contributed by atoms with E-state index in [0.717, 1.165) is 12.8 Å². The Morgan fingerprint density at radius 2 is 2.00 bits per heavy atom. The maximum absolute atomic E-state index is 12.5. The molecule has 0 spiro atoms. The molecule has 0 bridgehead atoms. The highest BCUT2D eigenvalue weighted by molar-refractivity contribution is 5.94. The first-order chi connectivity index (χ1) is 10.9. The third kappa shape index (κ3) is 1.44. The maximum Gasteiger partial charge on any atom is 0.322 e. The van der Waals surface area contributed by atoms with Crippen molar-refractivity contribution in [1.29, 1.82) is 0 Å². The summed E-state index contributed by atoms with van der Waals surface area (Å²) in [5.41, 5.74) is 0.639. The van der Waals surface area contributed by atoms with Crippen LogP contribution < -0.4 is 5.32 Å². The Morgan fingerprint density at radius 3 is 2.70 bits per heavy atom. The van der Waals surface area contributed by atoms with Gasteiger partial charge in [0.1, 0.15) is 11.7 Å². The van der Waals surface area contributed by atoms with E-state index in [-0.39, 0.29) is 24.0 Å². The number of amides is 3. The van der Waals surface area contributed by atoms with Gasteiger partial charge in [-0.3, -0.25) is 9.69 Å². The molecule has 4 aliphatic rings. The molecule has 1 aromatic heterocycles. The molecule has 3 amide bonds. The molecular formula is C16H20N4O3. The fourth-order valence-electron chi connectivity index (χ4n) is 4.84. The topological polar surface area (TPSA) is 77.8 Å². The molecule has 2 N–H and O–H groups in total. The molecular weight excluding hydrogens is 296 g/mol. The smallest absolute Gasteiger partial charge is 0.322 e. The van der Waals surface area contributed by atoms with Crippen molar-refractivity contribution in [3.8, 4) is 0 Å². The Kier molecular flexibility index (Phi) is 2.27. The lowest BCUT2D eigenvalue weighted by molar-refractivity contribution is -0.0627. The van der Waals surface area contributed by atoms with Crippen molar-refractivity contribution in [3.05, 3.63) is 23.5 Å². The standard InChI is InChI=1S/C16H20N4O3/c1-18-13-12-11(7-16(13,23)19(2)15(18)22)20-9(8-3-4-8)5-6-10(20)14(21)17-12/h5-6,8,11-13,23H,3-4,7H2,1-2H3,(H,17,21)/t11-,12-,13+,16+/m1/s1. The fourth-order valence-corrected chi connectivity index (χ4v) is 4.84. The van der Waals surface area contributed by atoms with Gasteiger partial charge in [0, 0.05) is 26.2 Å². The normalized spacial score (nSPS) is 38.5. The minimum Gasteiger partial charge on any atom is -0.368 e. The number of carbonyl (C=O) groups is 2. The van der Waals surface area contributed by atoms with Crippen molar-refractivity contribution in [3.63, 3.8) is 0 Å². The van der Waals surface area contributed by atoms with Gasteiger partial charge in [0.2, 0.25) is 0 Å². The van der Waals surface area contributed by atoms with E-state index in [1.165, 1.54) is 10.6 Å². The molecule has 0 aromatic carbocycles.